The van der Waals surface area contributed by atoms with Crippen LogP contribution in [0.5, 0.6) is 0 Å². The second-order valence-corrected chi connectivity index (χ2v) is 10.3. The summed E-state index contributed by atoms with van der Waals surface area (Å²) in [6.45, 7) is 2.10. The zero-order valence-electron chi connectivity index (χ0n) is 15.2. The summed E-state index contributed by atoms with van der Waals surface area (Å²) in [6, 6.07) is 7.09. The summed E-state index contributed by atoms with van der Waals surface area (Å²) in [5.74, 6) is 1.14. The monoisotopic (exact) mass is 419 g/mol. The van der Waals surface area contributed by atoms with Gasteiger partial charge in [0.25, 0.3) is 0 Å². The molecule has 0 unspecified atom stereocenters. The smallest absolute Gasteiger partial charge is 0.340 e. The van der Waals surface area contributed by atoms with E-state index in [1.165, 1.54) is 32.1 Å². The maximum absolute atomic E-state index is 12.9. The molecule has 4 nitrogen and oxygen atoms in total. The summed E-state index contributed by atoms with van der Waals surface area (Å²) in [4.78, 5) is 25.0. The Hall–Kier alpha value is -1.36. The molecule has 26 heavy (non-hydrogen) atoms. The normalized spacial score (nSPS) is 34.5. The number of carbonyl (C=O) groups is 2. The van der Waals surface area contributed by atoms with Crippen molar-refractivity contribution in [1.82, 2.24) is 0 Å². The molecule has 140 valence electrons. The zero-order chi connectivity index (χ0) is 18.4. The van der Waals surface area contributed by atoms with Crippen LogP contribution in [0.3, 0.4) is 0 Å². The molecule has 0 spiro atoms. The van der Waals surface area contributed by atoms with Gasteiger partial charge < -0.3 is 10.1 Å². The lowest BCUT2D eigenvalue weighted by Crippen LogP contribution is -2.53. The minimum Gasteiger partial charge on any atom is -0.462 e. The molecule has 0 radical (unpaired) electrons. The SMILES string of the molecule is CCOC(=O)c1ccccc1NC(=O)CC12C[C@H]3C[C@@H](CC(Br)(C3)C1)C2. The molecule has 5 rings (SSSR count). The summed E-state index contributed by atoms with van der Waals surface area (Å²) in [5, 5.41) is 2.98. The quantitative estimate of drug-likeness (QED) is 0.543. The van der Waals surface area contributed by atoms with Crippen LogP contribution in [-0.4, -0.2) is 22.8 Å². The molecule has 0 aromatic heterocycles. The van der Waals surface area contributed by atoms with E-state index in [1.54, 1.807) is 25.1 Å². The molecule has 4 saturated carbocycles. The topological polar surface area (TPSA) is 55.4 Å². The molecular weight excluding hydrogens is 394 g/mol. The highest BCUT2D eigenvalue weighted by Crippen LogP contribution is 2.65. The number of amides is 1. The summed E-state index contributed by atoms with van der Waals surface area (Å²) in [6.07, 6.45) is 7.84. The maximum atomic E-state index is 12.9. The van der Waals surface area contributed by atoms with Gasteiger partial charge in [0, 0.05) is 10.7 Å². The third kappa shape index (κ3) is 3.42. The van der Waals surface area contributed by atoms with Gasteiger partial charge in [-0.25, -0.2) is 4.79 Å². The molecule has 4 aliphatic carbocycles. The van der Waals surface area contributed by atoms with Crippen LogP contribution in [-0.2, 0) is 9.53 Å². The standard InChI is InChI=1S/C21H26BrNO3/c1-2-26-19(25)16-5-3-4-6-17(16)23-18(24)12-20-8-14-7-15(9-20)11-21(22,10-14)13-20/h3-6,14-15H,2,7-13H2,1H3,(H,23,24)/t14-,15-,20?,21?/m1/s1. The van der Waals surface area contributed by atoms with Crippen LogP contribution >= 0.6 is 15.9 Å². The van der Waals surface area contributed by atoms with Crippen LogP contribution in [0.1, 0.15) is 62.2 Å². The van der Waals surface area contributed by atoms with Crippen molar-refractivity contribution in [2.75, 3.05) is 11.9 Å². The van der Waals surface area contributed by atoms with E-state index in [9.17, 15) is 9.59 Å². The van der Waals surface area contributed by atoms with Crippen molar-refractivity contribution in [3.63, 3.8) is 0 Å². The maximum Gasteiger partial charge on any atom is 0.340 e. The number of hydrogen-bond acceptors (Lipinski definition) is 3. The molecule has 1 aromatic rings. The first-order valence-electron chi connectivity index (χ1n) is 9.65. The largest absolute Gasteiger partial charge is 0.462 e. The number of benzene rings is 1. The van der Waals surface area contributed by atoms with Crippen LogP contribution < -0.4 is 5.32 Å². The van der Waals surface area contributed by atoms with Crippen molar-refractivity contribution in [2.24, 2.45) is 17.3 Å². The highest BCUT2D eigenvalue weighted by Gasteiger charge is 2.57. The average Bonchev–Trinajstić information content (AvgIpc) is 2.52. The van der Waals surface area contributed by atoms with E-state index >= 15 is 0 Å². The molecule has 1 amide bonds. The summed E-state index contributed by atoms with van der Waals surface area (Å²) in [5.41, 5.74) is 1.09. The van der Waals surface area contributed by atoms with Crippen molar-refractivity contribution in [3.05, 3.63) is 29.8 Å². The van der Waals surface area contributed by atoms with Crippen molar-refractivity contribution in [3.8, 4) is 0 Å². The summed E-state index contributed by atoms with van der Waals surface area (Å²) < 4.78 is 5.35. The molecule has 2 atom stereocenters. The first-order chi connectivity index (χ1) is 12.4. The molecule has 4 bridgehead atoms. The molecule has 1 aromatic carbocycles. The van der Waals surface area contributed by atoms with Gasteiger partial charge in [-0.05, 0) is 74.8 Å². The Morgan fingerprint density at radius 3 is 2.54 bits per heavy atom. The summed E-state index contributed by atoms with van der Waals surface area (Å²) in [7, 11) is 0. The predicted octanol–water partition coefficient (Wildman–Crippen LogP) is 4.93. The second-order valence-electron chi connectivity index (χ2n) is 8.60. The molecule has 1 N–H and O–H groups in total. The number of hydrogen-bond donors (Lipinski definition) is 1. The highest BCUT2D eigenvalue weighted by atomic mass is 79.9. The van der Waals surface area contributed by atoms with Crippen molar-refractivity contribution < 1.29 is 14.3 Å². The first kappa shape index (κ1) is 18.0. The fourth-order valence-corrected chi connectivity index (χ4v) is 7.57. The van der Waals surface area contributed by atoms with Crippen LogP contribution in [0, 0.1) is 17.3 Å². The summed E-state index contributed by atoms with van der Waals surface area (Å²) >= 11 is 4.00. The van der Waals surface area contributed by atoms with Gasteiger partial charge in [0.05, 0.1) is 17.9 Å². The minimum atomic E-state index is -0.391. The molecule has 0 heterocycles. The molecule has 5 heteroatoms. The Kier molecular flexibility index (Phi) is 4.62. The fraction of sp³-hybridized carbons (Fsp3) is 0.619. The van der Waals surface area contributed by atoms with Crippen molar-refractivity contribution in [1.29, 1.82) is 0 Å². The molecular formula is C21H26BrNO3. The van der Waals surface area contributed by atoms with Gasteiger partial charge in [-0.1, -0.05) is 28.1 Å². The van der Waals surface area contributed by atoms with E-state index in [-0.39, 0.29) is 15.6 Å². The highest BCUT2D eigenvalue weighted by molar-refractivity contribution is 9.10. The number of nitrogens with one attached hydrogen (secondary N) is 1. The third-order valence-electron chi connectivity index (χ3n) is 6.34. The molecule has 4 fully saturated rings. The number of esters is 1. The van der Waals surface area contributed by atoms with Crippen LogP contribution in [0.25, 0.3) is 0 Å². The molecule has 0 saturated heterocycles. The van der Waals surface area contributed by atoms with E-state index in [2.05, 4.69) is 21.2 Å². The lowest BCUT2D eigenvalue weighted by atomic mass is 9.48. The Balaban J connectivity index is 1.48. The number of carbonyl (C=O) groups excluding carboxylic acids is 2. The van der Waals surface area contributed by atoms with Gasteiger partial charge in [-0.3, -0.25) is 4.79 Å². The molecule has 4 aliphatic rings. The van der Waals surface area contributed by atoms with Crippen molar-refractivity contribution >= 4 is 33.5 Å². The zero-order valence-corrected chi connectivity index (χ0v) is 16.8. The van der Waals surface area contributed by atoms with Gasteiger partial charge >= 0.3 is 5.97 Å². The number of alkyl halides is 1. The fourth-order valence-electron chi connectivity index (χ4n) is 6.06. The van der Waals surface area contributed by atoms with E-state index < -0.39 is 5.97 Å². The Morgan fingerprint density at radius 1 is 1.19 bits per heavy atom. The minimum absolute atomic E-state index is 0.0137. The Labute approximate surface area is 163 Å². The van der Waals surface area contributed by atoms with E-state index in [1.807, 2.05) is 6.07 Å². The predicted molar refractivity (Wildman–Crippen MR) is 104 cm³/mol. The van der Waals surface area contributed by atoms with Gasteiger partial charge in [-0.2, -0.15) is 0 Å². The second kappa shape index (κ2) is 6.66. The Bertz CT molecular complexity index is 718. The van der Waals surface area contributed by atoms with Crippen LogP contribution in [0.2, 0.25) is 0 Å². The van der Waals surface area contributed by atoms with Crippen molar-refractivity contribution in [2.45, 2.75) is 56.2 Å². The van der Waals surface area contributed by atoms with E-state index in [0.29, 0.717) is 24.3 Å². The lowest BCUT2D eigenvalue weighted by Gasteiger charge is -2.60. The number of ether oxygens (including phenoxy) is 1. The number of anilines is 1. The van der Waals surface area contributed by atoms with E-state index in [0.717, 1.165) is 18.3 Å². The first-order valence-corrected chi connectivity index (χ1v) is 10.4. The lowest BCUT2D eigenvalue weighted by molar-refractivity contribution is -0.123. The van der Waals surface area contributed by atoms with Crippen LogP contribution in [0.4, 0.5) is 5.69 Å². The third-order valence-corrected chi connectivity index (χ3v) is 7.27. The van der Waals surface area contributed by atoms with Gasteiger partial charge in [-0.15, -0.1) is 0 Å². The van der Waals surface area contributed by atoms with E-state index in [4.69, 9.17) is 4.74 Å². The number of halogens is 1. The molecule has 0 aliphatic heterocycles. The van der Waals surface area contributed by atoms with Gasteiger partial charge in [0.1, 0.15) is 0 Å². The van der Waals surface area contributed by atoms with Crippen LogP contribution in [0.15, 0.2) is 24.3 Å². The van der Waals surface area contributed by atoms with Gasteiger partial charge in [0.2, 0.25) is 5.91 Å². The average molecular weight is 420 g/mol. The number of rotatable bonds is 5. The Morgan fingerprint density at radius 2 is 1.88 bits per heavy atom. The van der Waals surface area contributed by atoms with Gasteiger partial charge in [0.15, 0.2) is 0 Å². The number of para-hydroxylation sites is 1.